The maximum absolute atomic E-state index is 5.55. The van der Waals surface area contributed by atoms with Crippen molar-refractivity contribution < 1.29 is 9.47 Å². The summed E-state index contributed by atoms with van der Waals surface area (Å²) in [7, 11) is 3.44. The largest absolute Gasteiger partial charge is 0.384 e. The summed E-state index contributed by atoms with van der Waals surface area (Å²) in [5.41, 5.74) is 1.59. The number of hydrogen-bond donors (Lipinski definition) is 0. The van der Waals surface area contributed by atoms with Crippen LogP contribution >= 0.6 is 11.6 Å². The van der Waals surface area contributed by atoms with Gasteiger partial charge >= 0.3 is 0 Å². The number of halogens is 1. The zero-order valence-electron chi connectivity index (χ0n) is 9.55. The van der Waals surface area contributed by atoms with Crippen molar-refractivity contribution in [3.05, 3.63) is 11.6 Å². The average Bonchev–Trinajstić information content (AvgIpc) is 2.14. The van der Waals surface area contributed by atoms with Gasteiger partial charge in [-0.05, 0) is 12.3 Å². The molecule has 0 aliphatic carbocycles. The Morgan fingerprint density at radius 2 is 1.71 bits per heavy atom. The van der Waals surface area contributed by atoms with Crippen LogP contribution in [0.1, 0.15) is 20.3 Å². The van der Waals surface area contributed by atoms with Crippen molar-refractivity contribution >= 4 is 11.6 Å². The van der Waals surface area contributed by atoms with Crippen LogP contribution in [0.3, 0.4) is 0 Å². The summed E-state index contributed by atoms with van der Waals surface area (Å²) in [4.78, 5) is 0. The monoisotopic (exact) mass is 220 g/mol. The second kappa shape index (κ2) is 7.27. The van der Waals surface area contributed by atoms with Crippen LogP contribution in [0, 0.1) is 11.3 Å². The van der Waals surface area contributed by atoms with Gasteiger partial charge in [-0.1, -0.05) is 31.5 Å². The van der Waals surface area contributed by atoms with Gasteiger partial charge in [0.15, 0.2) is 0 Å². The highest BCUT2D eigenvalue weighted by atomic mass is 35.5. The Kier molecular flexibility index (Phi) is 7.24. The molecule has 14 heavy (non-hydrogen) atoms. The van der Waals surface area contributed by atoms with Gasteiger partial charge in [-0.2, -0.15) is 0 Å². The number of allylic oxidation sites excluding steroid dienone is 1. The molecule has 0 bridgehead atoms. The molecule has 0 aromatic rings. The SMILES string of the molecule is COCC(C/C=C/Cl)(COC)C(C)C. The molecule has 0 heterocycles. The molecule has 0 aromatic carbocycles. The molecule has 0 saturated heterocycles. The molecule has 0 spiro atoms. The van der Waals surface area contributed by atoms with Crippen LogP contribution in [0.15, 0.2) is 11.6 Å². The molecule has 3 heteroatoms. The van der Waals surface area contributed by atoms with Gasteiger partial charge in [-0.25, -0.2) is 0 Å². The first-order valence-electron chi connectivity index (χ1n) is 4.86. The van der Waals surface area contributed by atoms with Crippen molar-refractivity contribution in [3.63, 3.8) is 0 Å². The first kappa shape index (κ1) is 13.9. The van der Waals surface area contributed by atoms with E-state index in [9.17, 15) is 0 Å². The maximum Gasteiger partial charge on any atom is 0.0546 e. The lowest BCUT2D eigenvalue weighted by atomic mass is 9.76. The molecule has 0 rings (SSSR count). The summed E-state index contributed by atoms with van der Waals surface area (Å²) in [6.45, 7) is 5.75. The smallest absolute Gasteiger partial charge is 0.0546 e. The Hall–Kier alpha value is -0.0500. The number of rotatable bonds is 7. The molecule has 0 aliphatic heterocycles. The third-order valence-corrected chi connectivity index (χ3v) is 2.88. The molecule has 0 saturated carbocycles. The van der Waals surface area contributed by atoms with Gasteiger partial charge in [0.1, 0.15) is 0 Å². The fourth-order valence-corrected chi connectivity index (χ4v) is 1.67. The van der Waals surface area contributed by atoms with Gasteiger partial charge in [0.25, 0.3) is 0 Å². The van der Waals surface area contributed by atoms with E-state index in [1.807, 2.05) is 6.08 Å². The molecule has 0 N–H and O–H groups in total. The minimum absolute atomic E-state index is 0.0366. The highest BCUT2D eigenvalue weighted by Gasteiger charge is 2.32. The topological polar surface area (TPSA) is 18.5 Å². The van der Waals surface area contributed by atoms with Crippen molar-refractivity contribution in [1.82, 2.24) is 0 Å². The van der Waals surface area contributed by atoms with E-state index in [4.69, 9.17) is 21.1 Å². The zero-order chi connectivity index (χ0) is 11.0. The number of methoxy groups -OCH3 is 2. The first-order chi connectivity index (χ1) is 6.63. The number of hydrogen-bond acceptors (Lipinski definition) is 2. The van der Waals surface area contributed by atoms with E-state index in [2.05, 4.69) is 13.8 Å². The lowest BCUT2D eigenvalue weighted by molar-refractivity contribution is -0.0183. The van der Waals surface area contributed by atoms with Crippen LogP contribution in [0.5, 0.6) is 0 Å². The van der Waals surface area contributed by atoms with E-state index in [0.717, 1.165) is 6.42 Å². The standard InChI is InChI=1S/C11H21ClO2/c1-10(2)11(8-13-3,9-14-4)6-5-7-12/h5,7,10H,6,8-9H2,1-4H3/b7-5+. The van der Waals surface area contributed by atoms with E-state index in [1.165, 1.54) is 0 Å². The summed E-state index contributed by atoms with van der Waals surface area (Å²) >= 11 is 5.55. The fourth-order valence-electron chi connectivity index (χ4n) is 1.58. The van der Waals surface area contributed by atoms with E-state index in [1.54, 1.807) is 19.8 Å². The van der Waals surface area contributed by atoms with Gasteiger partial charge in [-0.15, -0.1) is 0 Å². The van der Waals surface area contributed by atoms with Crippen LogP contribution < -0.4 is 0 Å². The molecule has 0 unspecified atom stereocenters. The second-order valence-electron chi connectivity index (χ2n) is 3.95. The predicted octanol–water partition coefficient (Wildman–Crippen LogP) is 3.06. The van der Waals surface area contributed by atoms with Gasteiger partial charge < -0.3 is 9.47 Å². The van der Waals surface area contributed by atoms with Crippen molar-refractivity contribution in [2.24, 2.45) is 11.3 Å². The Labute approximate surface area is 92.2 Å². The van der Waals surface area contributed by atoms with Crippen LogP contribution in [-0.4, -0.2) is 27.4 Å². The third kappa shape index (κ3) is 3.99. The average molecular weight is 221 g/mol. The summed E-state index contributed by atoms with van der Waals surface area (Å²) in [5, 5.41) is 0. The zero-order valence-corrected chi connectivity index (χ0v) is 10.3. The molecular weight excluding hydrogens is 200 g/mol. The Morgan fingerprint density at radius 1 is 1.21 bits per heavy atom. The highest BCUT2D eigenvalue weighted by molar-refractivity contribution is 6.25. The van der Waals surface area contributed by atoms with Gasteiger partial charge in [0.2, 0.25) is 0 Å². The van der Waals surface area contributed by atoms with Crippen LogP contribution in [0.4, 0.5) is 0 Å². The van der Waals surface area contributed by atoms with Crippen LogP contribution in [0.2, 0.25) is 0 Å². The Balaban J connectivity index is 4.54. The van der Waals surface area contributed by atoms with E-state index in [-0.39, 0.29) is 5.41 Å². The lowest BCUT2D eigenvalue weighted by Gasteiger charge is -2.35. The van der Waals surface area contributed by atoms with Crippen molar-refractivity contribution in [1.29, 1.82) is 0 Å². The molecule has 0 aromatic heterocycles. The normalized spacial score (nSPS) is 13.0. The molecule has 0 atom stereocenters. The fraction of sp³-hybridized carbons (Fsp3) is 0.818. The van der Waals surface area contributed by atoms with Gasteiger partial charge in [0, 0.05) is 25.2 Å². The summed E-state index contributed by atoms with van der Waals surface area (Å²) in [6.07, 6.45) is 2.84. The Bertz CT molecular complexity index is 161. The maximum atomic E-state index is 5.55. The minimum atomic E-state index is 0.0366. The van der Waals surface area contributed by atoms with Crippen molar-refractivity contribution in [3.8, 4) is 0 Å². The number of ether oxygens (including phenoxy) is 2. The summed E-state index contributed by atoms with van der Waals surface area (Å²) < 4.78 is 10.5. The summed E-state index contributed by atoms with van der Waals surface area (Å²) in [5.74, 6) is 0.496. The molecule has 0 radical (unpaired) electrons. The third-order valence-electron chi connectivity index (χ3n) is 2.70. The molecular formula is C11H21ClO2. The molecule has 0 fully saturated rings. The van der Waals surface area contributed by atoms with Crippen molar-refractivity contribution in [2.75, 3.05) is 27.4 Å². The molecule has 0 aliphatic rings. The van der Waals surface area contributed by atoms with Crippen LogP contribution in [0.25, 0.3) is 0 Å². The van der Waals surface area contributed by atoms with Crippen LogP contribution in [-0.2, 0) is 9.47 Å². The predicted molar refractivity (Wildman–Crippen MR) is 60.6 cm³/mol. The van der Waals surface area contributed by atoms with Gasteiger partial charge in [0.05, 0.1) is 13.2 Å². The van der Waals surface area contributed by atoms with Crippen molar-refractivity contribution in [2.45, 2.75) is 20.3 Å². The molecule has 84 valence electrons. The minimum Gasteiger partial charge on any atom is -0.384 e. The van der Waals surface area contributed by atoms with E-state index in [0.29, 0.717) is 19.1 Å². The summed E-state index contributed by atoms with van der Waals surface area (Å²) in [6, 6.07) is 0. The van der Waals surface area contributed by atoms with E-state index < -0.39 is 0 Å². The van der Waals surface area contributed by atoms with E-state index >= 15 is 0 Å². The lowest BCUT2D eigenvalue weighted by Crippen LogP contribution is -2.36. The Morgan fingerprint density at radius 3 is 2.00 bits per heavy atom. The van der Waals surface area contributed by atoms with Gasteiger partial charge in [-0.3, -0.25) is 0 Å². The molecule has 2 nitrogen and oxygen atoms in total. The first-order valence-corrected chi connectivity index (χ1v) is 5.29. The quantitative estimate of drug-likeness (QED) is 0.657. The highest BCUT2D eigenvalue weighted by Crippen LogP contribution is 2.32. The second-order valence-corrected chi connectivity index (χ2v) is 4.20. The molecule has 0 amide bonds.